The van der Waals surface area contributed by atoms with Gasteiger partial charge in [-0.2, -0.15) is 0 Å². The third-order valence-corrected chi connectivity index (χ3v) is 3.86. The van der Waals surface area contributed by atoms with E-state index in [1.165, 1.54) is 12.0 Å². The molecule has 2 rings (SSSR count). The van der Waals surface area contributed by atoms with Crippen LogP contribution in [0.2, 0.25) is 0 Å². The predicted octanol–water partition coefficient (Wildman–Crippen LogP) is 2.78. The Morgan fingerprint density at radius 3 is 2.89 bits per heavy atom. The average Bonchev–Trinajstić information content (AvgIpc) is 2.98. The molecular formula is C14H16N2O2S. The fourth-order valence-corrected chi connectivity index (χ4v) is 2.42. The second-order valence-electron chi connectivity index (χ2n) is 4.15. The molecule has 0 fully saturated rings. The Balaban J connectivity index is 1.91. The number of thiophene rings is 1. The first-order valence-corrected chi connectivity index (χ1v) is 6.88. The van der Waals surface area contributed by atoms with Crippen LogP contribution in [-0.2, 0) is 11.3 Å². The number of pyridine rings is 1. The minimum Gasteiger partial charge on any atom is -0.465 e. The van der Waals surface area contributed by atoms with E-state index >= 15 is 0 Å². The van der Waals surface area contributed by atoms with E-state index in [1.54, 1.807) is 23.6 Å². The predicted molar refractivity (Wildman–Crippen MR) is 75.2 cm³/mol. The van der Waals surface area contributed by atoms with E-state index in [9.17, 15) is 4.79 Å². The molecule has 0 aliphatic heterocycles. The lowest BCUT2D eigenvalue weighted by atomic mass is 10.2. The molecule has 19 heavy (non-hydrogen) atoms. The summed E-state index contributed by atoms with van der Waals surface area (Å²) in [5, 5.41) is 5.46. The summed E-state index contributed by atoms with van der Waals surface area (Å²) in [6.07, 6.45) is 1.54. The molecule has 2 heterocycles. The molecule has 0 aliphatic carbocycles. The quantitative estimate of drug-likeness (QED) is 0.853. The third-order valence-electron chi connectivity index (χ3n) is 2.81. The van der Waals surface area contributed by atoms with E-state index in [0.29, 0.717) is 18.2 Å². The first kappa shape index (κ1) is 13.7. The van der Waals surface area contributed by atoms with Crippen LogP contribution in [0.3, 0.4) is 0 Å². The first-order valence-electron chi connectivity index (χ1n) is 6.00. The third kappa shape index (κ3) is 3.62. The summed E-state index contributed by atoms with van der Waals surface area (Å²) in [6.45, 7) is 2.79. The lowest BCUT2D eigenvalue weighted by Gasteiger charge is -2.11. The number of methoxy groups -OCH3 is 1. The van der Waals surface area contributed by atoms with Crippen molar-refractivity contribution in [2.75, 3.05) is 7.11 Å². The number of nitrogens with one attached hydrogen (secondary N) is 1. The second-order valence-corrected chi connectivity index (χ2v) is 5.13. The molecule has 1 atom stereocenters. The Kier molecular flexibility index (Phi) is 4.65. The van der Waals surface area contributed by atoms with Crippen molar-refractivity contribution in [1.29, 1.82) is 0 Å². The minimum atomic E-state index is -0.362. The molecule has 0 bridgehead atoms. The molecule has 0 amide bonds. The Morgan fingerprint density at radius 1 is 1.47 bits per heavy atom. The zero-order valence-corrected chi connectivity index (χ0v) is 11.7. The molecule has 0 aliphatic rings. The van der Waals surface area contributed by atoms with Crippen LogP contribution in [0.15, 0.2) is 35.8 Å². The van der Waals surface area contributed by atoms with Crippen LogP contribution in [0.5, 0.6) is 0 Å². The number of rotatable bonds is 5. The van der Waals surface area contributed by atoms with Gasteiger partial charge in [0.05, 0.1) is 18.4 Å². The standard InChI is InChI=1S/C14H16N2O2S/c1-10(13-4-3-7-19-13)15-9-12-6-5-11(8-16-12)14(17)18-2/h3-8,10,15H,9H2,1-2H3/t10-/m1/s1. The van der Waals surface area contributed by atoms with Gasteiger partial charge in [-0.3, -0.25) is 4.98 Å². The smallest absolute Gasteiger partial charge is 0.339 e. The van der Waals surface area contributed by atoms with Gasteiger partial charge in [0.25, 0.3) is 0 Å². The summed E-state index contributed by atoms with van der Waals surface area (Å²) >= 11 is 1.73. The van der Waals surface area contributed by atoms with Gasteiger partial charge in [0.1, 0.15) is 0 Å². The van der Waals surface area contributed by atoms with Crippen molar-refractivity contribution in [3.05, 3.63) is 52.0 Å². The maximum absolute atomic E-state index is 11.3. The van der Waals surface area contributed by atoms with Gasteiger partial charge in [0.15, 0.2) is 0 Å². The summed E-state index contributed by atoms with van der Waals surface area (Å²) in [7, 11) is 1.36. The molecule has 0 spiro atoms. The fraction of sp³-hybridized carbons (Fsp3) is 0.286. The van der Waals surface area contributed by atoms with Crippen LogP contribution in [0, 0.1) is 0 Å². The van der Waals surface area contributed by atoms with Gasteiger partial charge in [0.2, 0.25) is 0 Å². The van der Waals surface area contributed by atoms with Gasteiger partial charge in [-0.1, -0.05) is 6.07 Å². The van der Waals surface area contributed by atoms with Crippen molar-refractivity contribution >= 4 is 17.3 Å². The molecule has 0 saturated heterocycles. The molecule has 5 heteroatoms. The molecule has 1 N–H and O–H groups in total. The maximum atomic E-state index is 11.3. The van der Waals surface area contributed by atoms with E-state index in [-0.39, 0.29) is 5.97 Å². The summed E-state index contributed by atoms with van der Waals surface area (Å²) in [4.78, 5) is 16.8. The van der Waals surface area contributed by atoms with Crippen LogP contribution in [0.4, 0.5) is 0 Å². The van der Waals surface area contributed by atoms with Crippen LogP contribution in [-0.4, -0.2) is 18.1 Å². The number of hydrogen-bond donors (Lipinski definition) is 1. The highest BCUT2D eigenvalue weighted by molar-refractivity contribution is 7.10. The SMILES string of the molecule is COC(=O)c1ccc(CN[C@H](C)c2cccs2)nc1. The van der Waals surface area contributed by atoms with Crippen molar-refractivity contribution in [2.45, 2.75) is 19.5 Å². The van der Waals surface area contributed by atoms with Crippen molar-refractivity contribution in [3.8, 4) is 0 Å². The van der Waals surface area contributed by atoms with Crippen molar-refractivity contribution < 1.29 is 9.53 Å². The summed E-state index contributed by atoms with van der Waals surface area (Å²) in [5.41, 5.74) is 1.37. The van der Waals surface area contributed by atoms with E-state index in [4.69, 9.17) is 0 Å². The van der Waals surface area contributed by atoms with Gasteiger partial charge < -0.3 is 10.1 Å². The Hall–Kier alpha value is -1.72. The zero-order valence-electron chi connectivity index (χ0n) is 10.9. The monoisotopic (exact) mass is 276 g/mol. The number of carbonyl (C=O) groups excluding carboxylic acids is 1. The molecular weight excluding hydrogens is 260 g/mol. The second kappa shape index (κ2) is 6.45. The molecule has 2 aromatic rings. The number of esters is 1. The molecule has 100 valence electrons. The lowest BCUT2D eigenvalue weighted by molar-refractivity contribution is 0.0600. The van der Waals surface area contributed by atoms with Crippen molar-refractivity contribution in [3.63, 3.8) is 0 Å². The maximum Gasteiger partial charge on any atom is 0.339 e. The van der Waals surface area contributed by atoms with Crippen LogP contribution in [0.1, 0.15) is 33.9 Å². The zero-order chi connectivity index (χ0) is 13.7. The number of hydrogen-bond acceptors (Lipinski definition) is 5. The van der Waals surface area contributed by atoms with Crippen molar-refractivity contribution in [2.24, 2.45) is 0 Å². The van der Waals surface area contributed by atoms with Gasteiger partial charge in [0, 0.05) is 23.7 Å². The van der Waals surface area contributed by atoms with E-state index in [2.05, 4.69) is 33.4 Å². The molecule has 4 nitrogen and oxygen atoms in total. The highest BCUT2D eigenvalue weighted by Crippen LogP contribution is 2.18. The summed E-state index contributed by atoms with van der Waals surface area (Å²) in [5.74, 6) is -0.362. The number of aromatic nitrogens is 1. The topological polar surface area (TPSA) is 51.2 Å². The van der Waals surface area contributed by atoms with E-state index in [1.807, 2.05) is 12.1 Å². The average molecular weight is 276 g/mol. The highest BCUT2D eigenvalue weighted by atomic mass is 32.1. The van der Waals surface area contributed by atoms with Crippen molar-refractivity contribution in [1.82, 2.24) is 10.3 Å². The number of nitrogens with zero attached hydrogens (tertiary/aromatic N) is 1. The molecule has 0 unspecified atom stereocenters. The van der Waals surface area contributed by atoms with E-state index in [0.717, 1.165) is 5.69 Å². The molecule has 0 aromatic carbocycles. The van der Waals surface area contributed by atoms with E-state index < -0.39 is 0 Å². The lowest BCUT2D eigenvalue weighted by Crippen LogP contribution is -2.18. The highest BCUT2D eigenvalue weighted by Gasteiger charge is 2.08. The number of ether oxygens (including phenoxy) is 1. The normalized spacial score (nSPS) is 12.1. The van der Waals surface area contributed by atoms with Gasteiger partial charge in [-0.15, -0.1) is 11.3 Å². The summed E-state index contributed by atoms with van der Waals surface area (Å²) in [6, 6.07) is 8.01. The Morgan fingerprint density at radius 2 is 2.32 bits per heavy atom. The molecule has 0 radical (unpaired) electrons. The Bertz CT molecular complexity index is 523. The van der Waals surface area contributed by atoms with Gasteiger partial charge >= 0.3 is 5.97 Å². The summed E-state index contributed by atoms with van der Waals surface area (Å²) < 4.78 is 4.63. The van der Waals surface area contributed by atoms with Crippen LogP contribution in [0.25, 0.3) is 0 Å². The fourth-order valence-electron chi connectivity index (χ4n) is 1.66. The largest absolute Gasteiger partial charge is 0.465 e. The van der Waals surface area contributed by atoms with Gasteiger partial charge in [-0.05, 0) is 30.5 Å². The minimum absolute atomic E-state index is 0.294. The van der Waals surface area contributed by atoms with Crippen LogP contribution >= 0.6 is 11.3 Å². The first-order chi connectivity index (χ1) is 9.20. The molecule has 0 saturated carbocycles. The molecule has 2 aromatic heterocycles. The van der Waals surface area contributed by atoms with Crippen LogP contribution < -0.4 is 5.32 Å². The number of carbonyl (C=O) groups is 1. The Labute approximate surface area is 116 Å². The van der Waals surface area contributed by atoms with Gasteiger partial charge in [-0.25, -0.2) is 4.79 Å².